The van der Waals surface area contributed by atoms with Gasteiger partial charge in [0.05, 0.1) is 9.82 Å². The van der Waals surface area contributed by atoms with Crippen molar-refractivity contribution in [3.63, 3.8) is 0 Å². The first-order chi connectivity index (χ1) is 12.3. The standard InChI is InChI=1S/C17H20N4O4S/c18-26(24,25)17-7-5-15(6-8-17)20-11-9-19(10-12-20)13-14-1-3-16(4-2-14)21(22)23/h1-8H,9-13H2,(H2,18,24,25). The Balaban J connectivity index is 1.56. The number of anilines is 1. The molecule has 0 radical (unpaired) electrons. The molecule has 1 aliphatic rings. The summed E-state index contributed by atoms with van der Waals surface area (Å²) in [5.74, 6) is 0. The molecule has 0 unspecified atom stereocenters. The third-order valence-electron chi connectivity index (χ3n) is 4.46. The lowest BCUT2D eigenvalue weighted by Gasteiger charge is -2.36. The van der Waals surface area contributed by atoms with E-state index in [1.54, 1.807) is 24.3 Å². The molecule has 2 aromatic carbocycles. The van der Waals surface area contributed by atoms with Gasteiger partial charge in [-0.25, -0.2) is 13.6 Å². The molecule has 2 aromatic rings. The van der Waals surface area contributed by atoms with E-state index in [1.807, 2.05) is 0 Å². The Hall–Kier alpha value is -2.49. The van der Waals surface area contributed by atoms with Gasteiger partial charge in [0.25, 0.3) is 5.69 Å². The molecule has 3 rings (SSSR count). The van der Waals surface area contributed by atoms with Crippen molar-refractivity contribution in [2.75, 3.05) is 31.1 Å². The van der Waals surface area contributed by atoms with Gasteiger partial charge in [-0.3, -0.25) is 15.0 Å². The van der Waals surface area contributed by atoms with Gasteiger partial charge in [-0.15, -0.1) is 0 Å². The van der Waals surface area contributed by atoms with E-state index in [0.29, 0.717) is 0 Å². The zero-order valence-electron chi connectivity index (χ0n) is 14.1. The summed E-state index contributed by atoms with van der Waals surface area (Å²) in [5.41, 5.74) is 2.11. The summed E-state index contributed by atoms with van der Waals surface area (Å²) in [4.78, 5) is 14.9. The van der Waals surface area contributed by atoms with Gasteiger partial charge in [0.2, 0.25) is 10.0 Å². The molecular weight excluding hydrogens is 356 g/mol. The normalized spacial score (nSPS) is 15.8. The lowest BCUT2D eigenvalue weighted by Crippen LogP contribution is -2.45. The molecular formula is C17H20N4O4S. The lowest BCUT2D eigenvalue weighted by atomic mass is 10.1. The summed E-state index contributed by atoms with van der Waals surface area (Å²) in [6.07, 6.45) is 0. The minimum atomic E-state index is -3.67. The number of rotatable bonds is 5. The molecule has 0 amide bonds. The van der Waals surface area contributed by atoms with Crippen LogP contribution < -0.4 is 10.0 Å². The van der Waals surface area contributed by atoms with Crippen LogP contribution in [0.4, 0.5) is 11.4 Å². The first kappa shape index (κ1) is 18.3. The van der Waals surface area contributed by atoms with Crippen LogP contribution in [0.25, 0.3) is 0 Å². The van der Waals surface area contributed by atoms with Crippen LogP contribution in [-0.2, 0) is 16.6 Å². The number of non-ortho nitro benzene ring substituents is 1. The Labute approximate surface area is 152 Å². The van der Waals surface area contributed by atoms with Crippen LogP contribution in [0.3, 0.4) is 0 Å². The first-order valence-electron chi connectivity index (χ1n) is 8.16. The Morgan fingerprint density at radius 1 is 0.962 bits per heavy atom. The second kappa shape index (κ2) is 7.40. The van der Waals surface area contributed by atoms with E-state index < -0.39 is 14.9 Å². The monoisotopic (exact) mass is 376 g/mol. The molecule has 0 spiro atoms. The Morgan fingerprint density at radius 2 is 1.54 bits per heavy atom. The van der Waals surface area contributed by atoms with Crippen LogP contribution in [0, 0.1) is 10.1 Å². The average molecular weight is 376 g/mol. The highest BCUT2D eigenvalue weighted by molar-refractivity contribution is 7.89. The molecule has 0 bridgehead atoms. The molecule has 1 fully saturated rings. The van der Waals surface area contributed by atoms with E-state index in [0.717, 1.165) is 44.0 Å². The number of hydrogen-bond acceptors (Lipinski definition) is 6. The Kier molecular flexibility index (Phi) is 5.21. The quantitative estimate of drug-likeness (QED) is 0.626. The van der Waals surface area contributed by atoms with Crippen LogP contribution >= 0.6 is 0 Å². The second-order valence-electron chi connectivity index (χ2n) is 6.23. The number of benzene rings is 2. The number of piperazine rings is 1. The van der Waals surface area contributed by atoms with Crippen molar-refractivity contribution in [1.29, 1.82) is 0 Å². The summed E-state index contributed by atoms with van der Waals surface area (Å²) < 4.78 is 22.6. The molecule has 1 heterocycles. The van der Waals surface area contributed by atoms with Gasteiger partial charge >= 0.3 is 0 Å². The highest BCUT2D eigenvalue weighted by atomic mass is 32.2. The molecule has 0 saturated carbocycles. The van der Waals surface area contributed by atoms with Crippen molar-refractivity contribution in [1.82, 2.24) is 4.90 Å². The predicted molar refractivity (Wildman–Crippen MR) is 98.4 cm³/mol. The second-order valence-corrected chi connectivity index (χ2v) is 7.79. The maximum atomic E-state index is 11.3. The zero-order chi connectivity index (χ0) is 18.7. The third kappa shape index (κ3) is 4.37. The van der Waals surface area contributed by atoms with Crippen molar-refractivity contribution < 1.29 is 13.3 Å². The van der Waals surface area contributed by atoms with E-state index in [2.05, 4.69) is 9.80 Å². The van der Waals surface area contributed by atoms with Crippen LogP contribution in [0.1, 0.15) is 5.56 Å². The van der Waals surface area contributed by atoms with Crippen molar-refractivity contribution in [3.8, 4) is 0 Å². The van der Waals surface area contributed by atoms with E-state index >= 15 is 0 Å². The number of nitrogens with zero attached hydrogens (tertiary/aromatic N) is 3. The van der Waals surface area contributed by atoms with E-state index in [-0.39, 0.29) is 10.6 Å². The summed E-state index contributed by atoms with van der Waals surface area (Å²) in [6, 6.07) is 13.2. The molecule has 0 aliphatic carbocycles. The fraction of sp³-hybridized carbons (Fsp3) is 0.294. The SMILES string of the molecule is NS(=O)(=O)c1ccc(N2CCN(Cc3ccc([N+](=O)[O-])cc3)CC2)cc1. The van der Waals surface area contributed by atoms with Crippen molar-refractivity contribution in [2.24, 2.45) is 5.14 Å². The highest BCUT2D eigenvalue weighted by Crippen LogP contribution is 2.20. The number of primary sulfonamides is 1. The number of nitrogens with two attached hydrogens (primary N) is 1. The Morgan fingerprint density at radius 3 is 2.04 bits per heavy atom. The van der Waals surface area contributed by atoms with Crippen molar-refractivity contribution in [2.45, 2.75) is 11.4 Å². The molecule has 0 aromatic heterocycles. The maximum absolute atomic E-state index is 11.3. The molecule has 1 saturated heterocycles. The van der Waals surface area contributed by atoms with Gasteiger partial charge in [0.1, 0.15) is 0 Å². The fourth-order valence-corrected chi connectivity index (χ4v) is 3.51. The summed E-state index contributed by atoms with van der Waals surface area (Å²) in [7, 11) is -3.67. The summed E-state index contributed by atoms with van der Waals surface area (Å²) in [6.45, 7) is 4.10. The van der Waals surface area contributed by atoms with Gasteiger partial charge in [-0.05, 0) is 29.8 Å². The summed E-state index contributed by atoms with van der Waals surface area (Å²) in [5, 5.41) is 15.8. The maximum Gasteiger partial charge on any atom is 0.269 e. The molecule has 9 heteroatoms. The predicted octanol–water partition coefficient (Wildman–Crippen LogP) is 1.56. The number of nitro groups is 1. The van der Waals surface area contributed by atoms with Gasteiger partial charge in [-0.2, -0.15) is 0 Å². The third-order valence-corrected chi connectivity index (χ3v) is 5.39. The van der Waals surface area contributed by atoms with E-state index in [1.165, 1.54) is 24.3 Å². The summed E-state index contributed by atoms with van der Waals surface area (Å²) >= 11 is 0. The molecule has 2 N–H and O–H groups in total. The molecule has 0 atom stereocenters. The zero-order valence-corrected chi connectivity index (χ0v) is 14.9. The molecule has 26 heavy (non-hydrogen) atoms. The van der Waals surface area contributed by atoms with Crippen molar-refractivity contribution >= 4 is 21.4 Å². The van der Waals surface area contributed by atoms with Gasteiger partial charge in [0.15, 0.2) is 0 Å². The van der Waals surface area contributed by atoms with Gasteiger partial charge < -0.3 is 4.90 Å². The minimum Gasteiger partial charge on any atom is -0.369 e. The Bertz CT molecular complexity index is 874. The van der Waals surface area contributed by atoms with E-state index in [9.17, 15) is 18.5 Å². The molecule has 8 nitrogen and oxygen atoms in total. The highest BCUT2D eigenvalue weighted by Gasteiger charge is 2.18. The van der Waals surface area contributed by atoms with Crippen LogP contribution in [-0.4, -0.2) is 44.4 Å². The minimum absolute atomic E-state index is 0.0986. The molecule has 1 aliphatic heterocycles. The molecule has 138 valence electrons. The lowest BCUT2D eigenvalue weighted by molar-refractivity contribution is -0.384. The van der Waals surface area contributed by atoms with Crippen LogP contribution in [0.2, 0.25) is 0 Å². The first-order valence-corrected chi connectivity index (χ1v) is 9.71. The number of sulfonamides is 1. The smallest absolute Gasteiger partial charge is 0.269 e. The fourth-order valence-electron chi connectivity index (χ4n) is 2.99. The average Bonchev–Trinajstić information content (AvgIpc) is 2.62. The number of nitro benzene ring substituents is 1. The number of hydrogen-bond donors (Lipinski definition) is 1. The van der Waals surface area contributed by atoms with Crippen molar-refractivity contribution in [3.05, 3.63) is 64.2 Å². The van der Waals surface area contributed by atoms with E-state index in [4.69, 9.17) is 5.14 Å². The largest absolute Gasteiger partial charge is 0.369 e. The van der Waals surface area contributed by atoms with Gasteiger partial charge in [-0.1, -0.05) is 12.1 Å². The topological polar surface area (TPSA) is 110 Å². The van der Waals surface area contributed by atoms with Crippen LogP contribution in [0.15, 0.2) is 53.4 Å². The van der Waals surface area contributed by atoms with Crippen LogP contribution in [0.5, 0.6) is 0 Å². The van der Waals surface area contributed by atoms with Gasteiger partial charge in [0, 0.05) is 50.5 Å².